The number of sulfonamides is 1. The number of amides is 1. The lowest BCUT2D eigenvalue weighted by Crippen LogP contribution is -2.47. The van der Waals surface area contributed by atoms with Crippen LogP contribution >= 0.6 is 0 Å². The van der Waals surface area contributed by atoms with Gasteiger partial charge in [-0.25, -0.2) is 8.42 Å². The normalized spacial score (nSPS) is 11.8. The molecule has 2 aromatic rings. The van der Waals surface area contributed by atoms with Crippen molar-refractivity contribution in [1.82, 2.24) is 5.32 Å². The molecule has 0 bridgehead atoms. The van der Waals surface area contributed by atoms with Gasteiger partial charge in [-0.3, -0.25) is 9.10 Å². The fourth-order valence-corrected chi connectivity index (χ4v) is 4.91. The van der Waals surface area contributed by atoms with Crippen molar-refractivity contribution in [2.75, 3.05) is 17.5 Å². The maximum absolute atomic E-state index is 13.5. The summed E-state index contributed by atoms with van der Waals surface area (Å²) in [6.07, 6.45) is 0. The van der Waals surface area contributed by atoms with Crippen LogP contribution in [0.3, 0.4) is 0 Å². The molecule has 1 N–H and O–H groups in total. The van der Waals surface area contributed by atoms with Crippen LogP contribution in [-0.2, 0) is 14.8 Å². The summed E-state index contributed by atoms with van der Waals surface area (Å²) < 4.78 is 33.5. The number of nitrogens with zero attached hydrogens (tertiary/aromatic N) is 1. The van der Waals surface area contributed by atoms with Crippen LogP contribution < -0.4 is 14.4 Å². The summed E-state index contributed by atoms with van der Waals surface area (Å²) in [5.41, 5.74) is 1.45. The van der Waals surface area contributed by atoms with Gasteiger partial charge in [0.2, 0.25) is 5.91 Å². The Morgan fingerprint density at radius 2 is 1.52 bits per heavy atom. The van der Waals surface area contributed by atoms with Gasteiger partial charge in [0.25, 0.3) is 10.0 Å². The van der Waals surface area contributed by atoms with E-state index in [1.807, 2.05) is 53.7 Å². The Balaban J connectivity index is 2.38. The van der Waals surface area contributed by atoms with E-state index >= 15 is 0 Å². The first kappa shape index (κ1) is 24.7. The summed E-state index contributed by atoms with van der Waals surface area (Å²) in [6.45, 7) is 12.2. The van der Waals surface area contributed by atoms with E-state index in [0.29, 0.717) is 18.0 Å². The molecule has 0 saturated carbocycles. The molecule has 1 amide bonds. The molecule has 0 radical (unpaired) electrons. The third kappa shape index (κ3) is 6.47. The predicted molar refractivity (Wildman–Crippen MR) is 125 cm³/mol. The molecule has 170 valence electrons. The zero-order valence-corrected chi connectivity index (χ0v) is 20.1. The molecule has 2 aromatic carbocycles. The summed E-state index contributed by atoms with van der Waals surface area (Å²) in [4.78, 5) is 13.0. The maximum Gasteiger partial charge on any atom is 0.264 e. The van der Waals surface area contributed by atoms with Gasteiger partial charge in [0.1, 0.15) is 12.3 Å². The molecule has 0 saturated heterocycles. The van der Waals surface area contributed by atoms with Crippen molar-refractivity contribution in [3.8, 4) is 5.75 Å². The van der Waals surface area contributed by atoms with Crippen LogP contribution in [0.25, 0.3) is 0 Å². The molecule has 6 nitrogen and oxygen atoms in total. The summed E-state index contributed by atoms with van der Waals surface area (Å²) in [7, 11) is -3.95. The van der Waals surface area contributed by atoms with Crippen molar-refractivity contribution < 1.29 is 17.9 Å². The van der Waals surface area contributed by atoms with Crippen molar-refractivity contribution in [3.05, 3.63) is 54.1 Å². The number of benzene rings is 2. The van der Waals surface area contributed by atoms with E-state index in [0.717, 1.165) is 9.87 Å². The molecule has 0 aliphatic heterocycles. The molecular formula is C24H34N2O4S. The molecule has 0 aromatic heterocycles. The molecule has 0 aliphatic carbocycles. The Kier molecular flexibility index (Phi) is 8.51. The smallest absolute Gasteiger partial charge is 0.264 e. The summed E-state index contributed by atoms with van der Waals surface area (Å²) in [6, 6.07) is 13.3. The first-order valence-corrected chi connectivity index (χ1v) is 12.1. The minimum atomic E-state index is -3.95. The lowest BCUT2D eigenvalue weighted by Gasteiger charge is -2.29. The van der Waals surface area contributed by atoms with E-state index in [9.17, 15) is 13.2 Å². The van der Waals surface area contributed by atoms with Gasteiger partial charge in [-0.15, -0.1) is 0 Å². The van der Waals surface area contributed by atoms with E-state index in [1.165, 1.54) is 12.1 Å². The highest BCUT2D eigenvalue weighted by Gasteiger charge is 2.29. The van der Waals surface area contributed by atoms with E-state index in [4.69, 9.17) is 4.74 Å². The molecule has 0 aliphatic rings. The quantitative estimate of drug-likeness (QED) is 0.587. The van der Waals surface area contributed by atoms with Gasteiger partial charge in [0.05, 0.1) is 17.2 Å². The Morgan fingerprint density at radius 3 is 2.00 bits per heavy atom. The predicted octanol–water partition coefficient (Wildman–Crippen LogP) is 4.39. The van der Waals surface area contributed by atoms with Crippen LogP contribution in [0.15, 0.2) is 53.4 Å². The number of hydrogen-bond donors (Lipinski definition) is 1. The second kappa shape index (κ2) is 10.7. The van der Waals surface area contributed by atoms with E-state index < -0.39 is 10.0 Å². The fourth-order valence-electron chi connectivity index (χ4n) is 3.49. The average molecular weight is 447 g/mol. The lowest BCUT2D eigenvalue weighted by atomic mass is 9.93. The number of carbonyl (C=O) groups excluding carboxylic acids is 1. The molecular weight excluding hydrogens is 412 g/mol. The van der Waals surface area contributed by atoms with Gasteiger partial charge in [-0.1, -0.05) is 45.4 Å². The molecule has 2 rings (SSSR count). The molecule has 7 heteroatoms. The first-order chi connectivity index (χ1) is 14.6. The standard InChI is InChI=1S/C24H34N2O4S/c1-7-30-21-12-14-22(15-13-21)31(28,29)26(20-10-8-19(6)9-11-20)16-23(27)25-24(17(2)3)18(4)5/h8-15,17-18,24H,7,16H2,1-6H3,(H,25,27). The number of rotatable bonds is 10. The van der Waals surface area contributed by atoms with E-state index in [-0.39, 0.29) is 35.2 Å². The second-order valence-electron chi connectivity index (χ2n) is 8.33. The van der Waals surface area contributed by atoms with Crippen molar-refractivity contribution in [2.45, 2.75) is 52.5 Å². The summed E-state index contributed by atoms with van der Waals surface area (Å²) >= 11 is 0. The minimum Gasteiger partial charge on any atom is -0.494 e. The monoisotopic (exact) mass is 446 g/mol. The minimum absolute atomic E-state index is 0.0412. The van der Waals surface area contributed by atoms with Crippen molar-refractivity contribution in [3.63, 3.8) is 0 Å². The Hall–Kier alpha value is -2.54. The van der Waals surface area contributed by atoms with Crippen LogP contribution in [0.5, 0.6) is 5.75 Å². The largest absolute Gasteiger partial charge is 0.494 e. The Labute approximate surface area is 186 Å². The van der Waals surface area contributed by atoms with Crippen molar-refractivity contribution in [1.29, 1.82) is 0 Å². The lowest BCUT2D eigenvalue weighted by molar-refractivity contribution is -0.121. The van der Waals surface area contributed by atoms with Crippen LogP contribution in [-0.4, -0.2) is 33.5 Å². The molecule has 0 fully saturated rings. The van der Waals surface area contributed by atoms with Gasteiger partial charge < -0.3 is 10.1 Å². The highest BCUT2D eigenvalue weighted by molar-refractivity contribution is 7.92. The van der Waals surface area contributed by atoms with Gasteiger partial charge in [0, 0.05) is 6.04 Å². The number of ether oxygens (including phenoxy) is 1. The first-order valence-electron chi connectivity index (χ1n) is 10.7. The number of hydrogen-bond acceptors (Lipinski definition) is 4. The number of aryl methyl sites for hydroxylation is 1. The van der Waals surface area contributed by atoms with Crippen LogP contribution in [0.2, 0.25) is 0 Å². The fraction of sp³-hybridized carbons (Fsp3) is 0.458. The summed E-state index contributed by atoms with van der Waals surface area (Å²) in [5.74, 6) is 0.735. The molecule has 0 atom stereocenters. The molecule has 31 heavy (non-hydrogen) atoms. The molecule has 0 unspecified atom stereocenters. The zero-order chi connectivity index (χ0) is 23.2. The Bertz CT molecular complexity index is 944. The van der Waals surface area contributed by atoms with Gasteiger partial charge in [0.15, 0.2) is 0 Å². The molecule has 0 heterocycles. The average Bonchev–Trinajstić information content (AvgIpc) is 2.71. The topological polar surface area (TPSA) is 75.7 Å². The van der Waals surface area contributed by atoms with E-state index in [1.54, 1.807) is 24.3 Å². The van der Waals surface area contributed by atoms with Crippen LogP contribution in [0.1, 0.15) is 40.2 Å². The van der Waals surface area contributed by atoms with Crippen molar-refractivity contribution in [2.24, 2.45) is 11.8 Å². The number of nitrogens with one attached hydrogen (secondary N) is 1. The van der Waals surface area contributed by atoms with Crippen LogP contribution in [0, 0.1) is 18.8 Å². The second-order valence-corrected chi connectivity index (χ2v) is 10.2. The third-order valence-corrected chi connectivity index (χ3v) is 6.88. The zero-order valence-electron chi connectivity index (χ0n) is 19.3. The SMILES string of the molecule is CCOc1ccc(S(=O)(=O)N(CC(=O)NC(C(C)C)C(C)C)c2ccc(C)cc2)cc1. The number of carbonyl (C=O) groups is 1. The highest BCUT2D eigenvalue weighted by atomic mass is 32.2. The highest BCUT2D eigenvalue weighted by Crippen LogP contribution is 2.25. The maximum atomic E-state index is 13.5. The summed E-state index contributed by atoms with van der Waals surface area (Å²) in [5, 5.41) is 3.01. The van der Waals surface area contributed by atoms with Crippen molar-refractivity contribution >= 4 is 21.6 Å². The van der Waals surface area contributed by atoms with Gasteiger partial charge in [-0.2, -0.15) is 0 Å². The van der Waals surface area contributed by atoms with Gasteiger partial charge in [-0.05, 0) is 62.1 Å². The number of anilines is 1. The molecule has 0 spiro atoms. The third-order valence-electron chi connectivity index (χ3n) is 5.10. The van der Waals surface area contributed by atoms with E-state index in [2.05, 4.69) is 5.32 Å². The Morgan fingerprint density at radius 1 is 0.968 bits per heavy atom. The van der Waals surface area contributed by atoms with Gasteiger partial charge >= 0.3 is 0 Å². The van der Waals surface area contributed by atoms with Crippen LogP contribution in [0.4, 0.5) is 5.69 Å².